The van der Waals surface area contributed by atoms with E-state index in [1.54, 1.807) is 6.20 Å². The lowest BCUT2D eigenvalue weighted by Gasteiger charge is -2.21. The van der Waals surface area contributed by atoms with Crippen LogP contribution in [-0.2, 0) is 9.59 Å². The number of imidazole rings is 1. The van der Waals surface area contributed by atoms with E-state index < -0.39 is 11.9 Å². The van der Waals surface area contributed by atoms with Crippen LogP contribution in [0.4, 0.5) is 0 Å². The van der Waals surface area contributed by atoms with Crippen molar-refractivity contribution < 1.29 is 9.59 Å². The van der Waals surface area contributed by atoms with Crippen molar-refractivity contribution in [3.63, 3.8) is 0 Å². The number of hydrogen-bond donors (Lipinski definition) is 2. The molecule has 0 spiro atoms. The molecule has 0 bridgehead atoms. The van der Waals surface area contributed by atoms with E-state index in [1.807, 2.05) is 38.5 Å². The minimum Gasteiger partial charge on any atom is -0.368 e. The zero-order valence-corrected chi connectivity index (χ0v) is 16.5. The van der Waals surface area contributed by atoms with Gasteiger partial charge in [0.2, 0.25) is 11.8 Å². The van der Waals surface area contributed by atoms with Crippen LogP contribution in [0.1, 0.15) is 31.4 Å². The summed E-state index contributed by atoms with van der Waals surface area (Å²) in [7, 11) is 0. The summed E-state index contributed by atoms with van der Waals surface area (Å²) >= 11 is 1.33. The molecule has 1 aromatic carbocycles. The molecule has 6 nitrogen and oxygen atoms in total. The maximum absolute atomic E-state index is 12.3. The highest BCUT2D eigenvalue weighted by Gasteiger charge is 2.23. The third kappa shape index (κ3) is 5.11. The molecule has 0 radical (unpaired) electrons. The van der Waals surface area contributed by atoms with Gasteiger partial charge in [-0.1, -0.05) is 38.1 Å². The number of carbonyl (C=O) groups is 2. The van der Waals surface area contributed by atoms with Crippen molar-refractivity contribution in [1.82, 2.24) is 14.9 Å². The lowest BCUT2D eigenvalue weighted by Crippen LogP contribution is -2.48. The van der Waals surface area contributed by atoms with Crippen molar-refractivity contribution in [1.29, 1.82) is 0 Å². The second-order valence-electron chi connectivity index (χ2n) is 6.55. The van der Waals surface area contributed by atoms with Gasteiger partial charge in [-0.3, -0.25) is 14.2 Å². The first-order chi connectivity index (χ1) is 12.3. The number of aromatic nitrogens is 2. The molecule has 2 atom stereocenters. The zero-order chi connectivity index (χ0) is 19.3. The van der Waals surface area contributed by atoms with E-state index in [1.165, 1.54) is 22.9 Å². The third-order valence-corrected chi connectivity index (χ3v) is 5.23. The molecule has 0 aliphatic carbocycles. The minimum atomic E-state index is -0.646. The maximum atomic E-state index is 12.3. The number of nitrogens with one attached hydrogen (secondary N) is 1. The molecule has 7 heteroatoms. The van der Waals surface area contributed by atoms with Crippen molar-refractivity contribution in [3.05, 3.63) is 41.7 Å². The van der Waals surface area contributed by atoms with Gasteiger partial charge in [-0.05, 0) is 43.0 Å². The van der Waals surface area contributed by atoms with E-state index in [9.17, 15) is 9.59 Å². The van der Waals surface area contributed by atoms with Crippen molar-refractivity contribution in [3.8, 4) is 5.69 Å². The van der Waals surface area contributed by atoms with Crippen LogP contribution in [0.25, 0.3) is 5.69 Å². The van der Waals surface area contributed by atoms with Crippen molar-refractivity contribution in [2.24, 2.45) is 11.7 Å². The van der Waals surface area contributed by atoms with Crippen molar-refractivity contribution in [2.75, 3.05) is 5.75 Å². The average molecular weight is 375 g/mol. The Morgan fingerprint density at radius 3 is 2.50 bits per heavy atom. The Hall–Kier alpha value is -2.28. The summed E-state index contributed by atoms with van der Waals surface area (Å²) in [6, 6.07) is 5.61. The molecular weight excluding hydrogens is 348 g/mol. The van der Waals surface area contributed by atoms with Gasteiger partial charge in [0.1, 0.15) is 6.04 Å². The number of benzene rings is 1. The molecule has 2 amide bonds. The van der Waals surface area contributed by atoms with Gasteiger partial charge in [0.25, 0.3) is 0 Å². The van der Waals surface area contributed by atoms with Crippen LogP contribution in [-0.4, -0.2) is 33.2 Å². The number of primary amides is 1. The molecule has 0 fully saturated rings. The highest BCUT2D eigenvalue weighted by molar-refractivity contribution is 7.99. The normalized spacial score (nSPS) is 13.2. The van der Waals surface area contributed by atoms with Gasteiger partial charge >= 0.3 is 0 Å². The van der Waals surface area contributed by atoms with Crippen LogP contribution in [0.2, 0.25) is 0 Å². The molecule has 3 N–H and O–H groups in total. The first-order valence-electron chi connectivity index (χ1n) is 8.65. The predicted molar refractivity (Wildman–Crippen MR) is 104 cm³/mol. The summed E-state index contributed by atoms with van der Waals surface area (Å²) in [5, 5.41) is 3.46. The Morgan fingerprint density at radius 1 is 1.27 bits per heavy atom. The molecule has 0 saturated carbocycles. The Labute approximate surface area is 158 Å². The van der Waals surface area contributed by atoms with E-state index in [0.717, 1.165) is 17.3 Å². The summed E-state index contributed by atoms with van der Waals surface area (Å²) < 4.78 is 1.96. The lowest BCUT2D eigenvalue weighted by molar-refractivity contribution is -0.127. The fraction of sp³-hybridized carbons (Fsp3) is 0.421. The van der Waals surface area contributed by atoms with Crippen LogP contribution in [0, 0.1) is 19.8 Å². The molecule has 0 saturated heterocycles. The van der Waals surface area contributed by atoms with Crippen LogP contribution >= 0.6 is 11.8 Å². The van der Waals surface area contributed by atoms with Crippen LogP contribution < -0.4 is 11.1 Å². The topological polar surface area (TPSA) is 90.0 Å². The molecule has 2 rings (SSSR count). The van der Waals surface area contributed by atoms with Gasteiger partial charge in [0.05, 0.1) is 5.75 Å². The number of nitrogens with zero attached hydrogens (tertiary/aromatic N) is 2. The summed E-state index contributed by atoms with van der Waals surface area (Å²) in [5.74, 6) is -0.565. The quantitative estimate of drug-likeness (QED) is 0.695. The standard InChI is InChI=1S/C19H26N4O2S/c1-5-14(4)17(18(20)25)22-16(24)11-26-19-21-6-7-23(19)15-9-12(2)8-13(3)10-15/h6-10,14,17H,5,11H2,1-4H3,(H2,20,25)(H,22,24). The average Bonchev–Trinajstić information content (AvgIpc) is 3.04. The lowest BCUT2D eigenvalue weighted by atomic mass is 9.99. The number of carbonyl (C=O) groups excluding carboxylic acids is 2. The fourth-order valence-electron chi connectivity index (χ4n) is 2.76. The number of thioether (sulfide) groups is 1. The predicted octanol–water partition coefficient (Wildman–Crippen LogP) is 2.60. The highest BCUT2D eigenvalue weighted by Crippen LogP contribution is 2.22. The summed E-state index contributed by atoms with van der Waals surface area (Å²) in [6.45, 7) is 7.96. The molecule has 26 heavy (non-hydrogen) atoms. The molecule has 2 unspecified atom stereocenters. The second-order valence-corrected chi connectivity index (χ2v) is 7.49. The van der Waals surface area contributed by atoms with Gasteiger partial charge in [0, 0.05) is 18.1 Å². The van der Waals surface area contributed by atoms with E-state index in [0.29, 0.717) is 0 Å². The summed E-state index contributed by atoms with van der Waals surface area (Å²) in [4.78, 5) is 28.2. The monoisotopic (exact) mass is 374 g/mol. The van der Waals surface area contributed by atoms with Gasteiger partial charge < -0.3 is 11.1 Å². The highest BCUT2D eigenvalue weighted by atomic mass is 32.2. The zero-order valence-electron chi connectivity index (χ0n) is 15.7. The van der Waals surface area contributed by atoms with Gasteiger partial charge in [-0.2, -0.15) is 0 Å². The Balaban J connectivity index is 2.05. The molecular formula is C19H26N4O2S. The fourth-order valence-corrected chi connectivity index (χ4v) is 3.54. The molecule has 1 aromatic heterocycles. The van der Waals surface area contributed by atoms with Gasteiger partial charge in [-0.25, -0.2) is 4.98 Å². The van der Waals surface area contributed by atoms with Gasteiger partial charge in [0.15, 0.2) is 5.16 Å². The Kier molecular flexibility index (Phi) is 6.85. The molecule has 1 heterocycles. The molecule has 2 aromatic rings. The molecule has 140 valence electrons. The van der Waals surface area contributed by atoms with Crippen LogP contribution in [0.15, 0.2) is 35.7 Å². The third-order valence-electron chi connectivity index (χ3n) is 4.26. The minimum absolute atomic E-state index is 0.00120. The van der Waals surface area contributed by atoms with E-state index >= 15 is 0 Å². The Bertz CT molecular complexity index is 767. The summed E-state index contributed by atoms with van der Waals surface area (Å²) in [6.07, 6.45) is 4.35. The smallest absolute Gasteiger partial charge is 0.240 e. The second kappa shape index (κ2) is 8.89. The van der Waals surface area contributed by atoms with Crippen molar-refractivity contribution >= 4 is 23.6 Å². The van der Waals surface area contributed by atoms with Crippen molar-refractivity contribution in [2.45, 2.75) is 45.3 Å². The van der Waals surface area contributed by atoms with Crippen LogP contribution in [0.3, 0.4) is 0 Å². The number of rotatable bonds is 8. The van der Waals surface area contributed by atoms with Crippen LogP contribution in [0.5, 0.6) is 0 Å². The largest absolute Gasteiger partial charge is 0.368 e. The van der Waals surface area contributed by atoms with Gasteiger partial charge in [-0.15, -0.1) is 0 Å². The number of amides is 2. The van der Waals surface area contributed by atoms with E-state index in [-0.39, 0.29) is 17.6 Å². The first-order valence-corrected chi connectivity index (χ1v) is 9.63. The Morgan fingerprint density at radius 2 is 1.92 bits per heavy atom. The number of nitrogens with two attached hydrogens (primary N) is 1. The van der Waals surface area contributed by atoms with E-state index in [4.69, 9.17) is 5.73 Å². The first kappa shape index (κ1) is 20.0. The maximum Gasteiger partial charge on any atom is 0.240 e. The van der Waals surface area contributed by atoms with E-state index in [2.05, 4.69) is 28.5 Å². The summed E-state index contributed by atoms with van der Waals surface area (Å²) in [5.41, 5.74) is 8.75. The number of hydrogen-bond acceptors (Lipinski definition) is 4. The SMILES string of the molecule is CCC(C)C(NC(=O)CSc1nccn1-c1cc(C)cc(C)c1)C(N)=O. The number of aryl methyl sites for hydroxylation is 2. The molecule has 0 aliphatic heterocycles. The molecule has 0 aliphatic rings.